The number of amides is 2. The predicted octanol–water partition coefficient (Wildman–Crippen LogP) is 0.977. The van der Waals surface area contributed by atoms with Gasteiger partial charge in [0.15, 0.2) is 0 Å². The van der Waals surface area contributed by atoms with E-state index in [2.05, 4.69) is 49.8 Å². The largest absolute Gasteiger partial charge is 0.335 e. The van der Waals surface area contributed by atoms with Gasteiger partial charge in [0.1, 0.15) is 0 Å². The van der Waals surface area contributed by atoms with E-state index in [1.807, 2.05) is 4.90 Å². The molecular weight excluding hydrogens is 316 g/mol. The number of piperazine rings is 1. The molecule has 3 rings (SSSR count). The zero-order chi connectivity index (χ0) is 18.0. The van der Waals surface area contributed by atoms with Crippen molar-refractivity contribution >= 4 is 11.8 Å². The summed E-state index contributed by atoms with van der Waals surface area (Å²) in [4.78, 5) is 28.9. The van der Waals surface area contributed by atoms with Gasteiger partial charge in [-0.05, 0) is 25.8 Å². The summed E-state index contributed by atoms with van der Waals surface area (Å²) < 4.78 is 0. The number of carbonyl (C=O) groups excluding carboxylic acids is 2. The highest BCUT2D eigenvalue weighted by molar-refractivity contribution is 5.87. The van der Waals surface area contributed by atoms with E-state index >= 15 is 0 Å². The summed E-state index contributed by atoms with van der Waals surface area (Å²) in [7, 11) is 0. The van der Waals surface area contributed by atoms with E-state index in [1.54, 1.807) is 4.90 Å². The van der Waals surface area contributed by atoms with Gasteiger partial charge >= 0.3 is 0 Å². The molecular formula is C19H28N4O2. The fourth-order valence-corrected chi connectivity index (χ4v) is 3.87. The van der Waals surface area contributed by atoms with Gasteiger partial charge in [-0.1, -0.05) is 36.2 Å². The molecule has 2 saturated heterocycles. The SMILES string of the molecule is CCC1NNCC1C(=O)N1CCN(Cc2cc(C)cc(C)c2)C(=O)C1. The first-order valence-corrected chi connectivity index (χ1v) is 9.10. The molecule has 2 aliphatic heterocycles. The summed E-state index contributed by atoms with van der Waals surface area (Å²) in [6.07, 6.45) is 0.893. The first-order valence-electron chi connectivity index (χ1n) is 9.10. The molecule has 2 fully saturated rings. The van der Waals surface area contributed by atoms with Crippen LogP contribution in [0.2, 0.25) is 0 Å². The number of hydrazine groups is 1. The zero-order valence-electron chi connectivity index (χ0n) is 15.3. The number of nitrogens with one attached hydrogen (secondary N) is 2. The first kappa shape index (κ1) is 17.9. The average molecular weight is 344 g/mol. The van der Waals surface area contributed by atoms with Gasteiger partial charge in [-0.3, -0.25) is 20.4 Å². The van der Waals surface area contributed by atoms with E-state index < -0.39 is 0 Å². The van der Waals surface area contributed by atoms with Gasteiger partial charge < -0.3 is 9.80 Å². The smallest absolute Gasteiger partial charge is 0.242 e. The Labute approximate surface area is 149 Å². The average Bonchev–Trinajstić information content (AvgIpc) is 3.03. The minimum atomic E-state index is -0.0798. The summed E-state index contributed by atoms with van der Waals surface area (Å²) in [5, 5.41) is 0. The molecule has 0 bridgehead atoms. The fraction of sp³-hybridized carbons (Fsp3) is 0.579. The van der Waals surface area contributed by atoms with Crippen LogP contribution in [0.3, 0.4) is 0 Å². The molecule has 6 nitrogen and oxygen atoms in total. The Bertz CT molecular complexity index is 641. The number of benzene rings is 1. The Kier molecular flexibility index (Phi) is 5.39. The van der Waals surface area contributed by atoms with Crippen LogP contribution >= 0.6 is 0 Å². The highest BCUT2D eigenvalue weighted by Crippen LogP contribution is 2.18. The van der Waals surface area contributed by atoms with Gasteiger partial charge in [-0.2, -0.15) is 0 Å². The maximum atomic E-state index is 12.7. The normalized spacial score (nSPS) is 24.0. The van der Waals surface area contributed by atoms with Crippen molar-refractivity contribution in [3.05, 3.63) is 34.9 Å². The lowest BCUT2D eigenvalue weighted by atomic mass is 9.98. The van der Waals surface area contributed by atoms with Crippen LogP contribution in [0.25, 0.3) is 0 Å². The molecule has 1 aromatic rings. The molecule has 2 heterocycles. The fourth-order valence-electron chi connectivity index (χ4n) is 3.87. The van der Waals surface area contributed by atoms with Crippen molar-refractivity contribution < 1.29 is 9.59 Å². The van der Waals surface area contributed by atoms with Crippen molar-refractivity contribution in [2.24, 2.45) is 5.92 Å². The zero-order valence-corrected chi connectivity index (χ0v) is 15.3. The highest BCUT2D eigenvalue weighted by atomic mass is 16.2. The Morgan fingerprint density at radius 2 is 1.92 bits per heavy atom. The topological polar surface area (TPSA) is 64.7 Å². The van der Waals surface area contributed by atoms with Crippen LogP contribution < -0.4 is 10.9 Å². The lowest BCUT2D eigenvalue weighted by molar-refractivity contribution is -0.147. The second kappa shape index (κ2) is 7.54. The number of carbonyl (C=O) groups is 2. The number of aryl methyl sites for hydroxylation is 2. The molecule has 6 heteroatoms. The number of nitrogens with zero attached hydrogens (tertiary/aromatic N) is 2. The Balaban J connectivity index is 1.60. The standard InChI is InChI=1S/C19H28N4O2/c1-4-17-16(10-20-21-17)19(25)23-6-5-22(18(24)12-23)11-15-8-13(2)7-14(3)9-15/h7-9,16-17,20-21H,4-6,10-12H2,1-3H3. The van der Waals surface area contributed by atoms with E-state index in [0.29, 0.717) is 26.2 Å². The Morgan fingerprint density at radius 1 is 1.20 bits per heavy atom. The van der Waals surface area contributed by atoms with Gasteiger partial charge in [0, 0.05) is 32.2 Å². The third kappa shape index (κ3) is 4.02. The molecule has 1 aromatic carbocycles. The monoisotopic (exact) mass is 344 g/mol. The molecule has 2 atom stereocenters. The molecule has 0 spiro atoms. The second-order valence-electron chi connectivity index (χ2n) is 7.22. The van der Waals surface area contributed by atoms with Crippen molar-refractivity contribution in [1.29, 1.82) is 0 Å². The van der Waals surface area contributed by atoms with Crippen LogP contribution in [0.1, 0.15) is 30.0 Å². The van der Waals surface area contributed by atoms with Crippen LogP contribution in [-0.2, 0) is 16.1 Å². The highest BCUT2D eigenvalue weighted by Gasteiger charge is 2.37. The molecule has 0 saturated carbocycles. The van der Waals surface area contributed by atoms with Crippen LogP contribution in [0.15, 0.2) is 18.2 Å². The van der Waals surface area contributed by atoms with Gasteiger partial charge in [0.2, 0.25) is 11.8 Å². The van der Waals surface area contributed by atoms with Crippen LogP contribution in [0, 0.1) is 19.8 Å². The second-order valence-corrected chi connectivity index (χ2v) is 7.22. The van der Waals surface area contributed by atoms with E-state index in [-0.39, 0.29) is 30.3 Å². The molecule has 136 valence electrons. The molecule has 0 radical (unpaired) electrons. The predicted molar refractivity (Wildman–Crippen MR) is 96.6 cm³/mol. The van der Waals surface area contributed by atoms with Crippen LogP contribution in [0.4, 0.5) is 0 Å². The lowest BCUT2D eigenvalue weighted by Crippen LogP contribution is -2.54. The van der Waals surface area contributed by atoms with Gasteiger partial charge in [0.05, 0.1) is 12.5 Å². The number of rotatable bonds is 4. The molecule has 0 aromatic heterocycles. The molecule has 25 heavy (non-hydrogen) atoms. The third-order valence-corrected chi connectivity index (χ3v) is 5.14. The van der Waals surface area contributed by atoms with Crippen molar-refractivity contribution in [3.8, 4) is 0 Å². The summed E-state index contributed by atoms with van der Waals surface area (Å²) in [5.41, 5.74) is 9.79. The summed E-state index contributed by atoms with van der Waals surface area (Å²) >= 11 is 0. The van der Waals surface area contributed by atoms with Gasteiger partial charge in [-0.25, -0.2) is 0 Å². The van der Waals surface area contributed by atoms with Crippen molar-refractivity contribution in [3.63, 3.8) is 0 Å². The lowest BCUT2D eigenvalue weighted by Gasteiger charge is -2.36. The summed E-state index contributed by atoms with van der Waals surface area (Å²) in [6.45, 7) is 8.87. The van der Waals surface area contributed by atoms with E-state index in [0.717, 1.165) is 12.0 Å². The van der Waals surface area contributed by atoms with E-state index in [9.17, 15) is 9.59 Å². The minimum absolute atomic E-state index is 0.0331. The maximum Gasteiger partial charge on any atom is 0.242 e. The minimum Gasteiger partial charge on any atom is -0.335 e. The van der Waals surface area contributed by atoms with Gasteiger partial charge in [0.25, 0.3) is 0 Å². The van der Waals surface area contributed by atoms with Gasteiger partial charge in [-0.15, -0.1) is 0 Å². The Hall–Kier alpha value is -1.92. The third-order valence-electron chi connectivity index (χ3n) is 5.14. The molecule has 2 amide bonds. The summed E-state index contributed by atoms with van der Waals surface area (Å²) in [6, 6.07) is 6.53. The van der Waals surface area contributed by atoms with Crippen LogP contribution in [-0.4, -0.2) is 53.8 Å². The van der Waals surface area contributed by atoms with E-state index in [4.69, 9.17) is 0 Å². The number of hydrogen-bond donors (Lipinski definition) is 2. The van der Waals surface area contributed by atoms with Crippen LogP contribution in [0.5, 0.6) is 0 Å². The molecule has 2 aliphatic rings. The van der Waals surface area contributed by atoms with Crippen molar-refractivity contribution in [2.45, 2.75) is 39.8 Å². The maximum absolute atomic E-state index is 12.7. The molecule has 2 N–H and O–H groups in total. The first-order chi connectivity index (χ1) is 12.0. The summed E-state index contributed by atoms with van der Waals surface area (Å²) in [5.74, 6) is 0.0400. The van der Waals surface area contributed by atoms with Crippen molar-refractivity contribution in [2.75, 3.05) is 26.2 Å². The quantitative estimate of drug-likeness (QED) is 0.855. The number of hydrogen-bond acceptors (Lipinski definition) is 4. The Morgan fingerprint density at radius 3 is 2.56 bits per heavy atom. The van der Waals surface area contributed by atoms with Crippen molar-refractivity contribution in [1.82, 2.24) is 20.7 Å². The molecule has 0 aliphatic carbocycles. The molecule has 2 unspecified atom stereocenters. The van der Waals surface area contributed by atoms with E-state index in [1.165, 1.54) is 11.1 Å².